The first-order valence-corrected chi connectivity index (χ1v) is 6.76. The summed E-state index contributed by atoms with van der Waals surface area (Å²) in [6.07, 6.45) is 9.13. The topological polar surface area (TPSA) is 0 Å². The Morgan fingerprint density at radius 2 is 1.33 bits per heavy atom. The van der Waals surface area contributed by atoms with Crippen LogP contribution in [-0.4, -0.2) is 30.0 Å². The van der Waals surface area contributed by atoms with Crippen LogP contribution in [0.4, 0.5) is 0 Å². The molecule has 0 saturated heterocycles. The summed E-state index contributed by atoms with van der Waals surface area (Å²) in [5.41, 5.74) is 1.31. The van der Waals surface area contributed by atoms with E-state index in [1.54, 1.807) is 0 Å². The van der Waals surface area contributed by atoms with Crippen molar-refractivity contribution in [3.8, 4) is 0 Å². The van der Waals surface area contributed by atoms with Crippen LogP contribution in [0.25, 0.3) is 0 Å². The summed E-state index contributed by atoms with van der Waals surface area (Å²) in [4.78, 5) is 0. The van der Waals surface area contributed by atoms with Crippen LogP contribution < -0.4 is 0 Å². The Hall–Kier alpha value is 0. The van der Waals surface area contributed by atoms with Crippen LogP contribution in [0.5, 0.6) is 0 Å². The molecule has 1 heteroatoms. The first kappa shape index (κ1) is 9.00. The molecule has 0 aromatic carbocycles. The van der Waals surface area contributed by atoms with Crippen molar-refractivity contribution in [2.24, 2.45) is 0 Å². The van der Waals surface area contributed by atoms with E-state index < -0.39 is 8.75 Å². The van der Waals surface area contributed by atoms with Gasteiger partial charge < -0.3 is 0 Å². The molecular formula is C8H18S. The van der Waals surface area contributed by atoms with E-state index >= 15 is 0 Å². The summed E-state index contributed by atoms with van der Waals surface area (Å²) in [7, 11) is -1.24. The van der Waals surface area contributed by atoms with Crippen LogP contribution >= 0.6 is 8.75 Å². The molecule has 0 aromatic rings. The molecule has 0 spiro atoms. The lowest BCUT2D eigenvalue weighted by Crippen LogP contribution is -1.98. The third kappa shape index (κ3) is 8.00. The molecule has 9 heavy (non-hydrogen) atoms. The minimum absolute atomic E-state index is 1.24. The molecule has 0 amide bonds. The summed E-state index contributed by atoms with van der Waals surface area (Å²) in [5, 5.41) is 3.48. The molecule has 0 N–H and O–H groups in total. The van der Waals surface area contributed by atoms with Gasteiger partial charge in [-0.05, 0) is 44.4 Å². The molecule has 0 rings (SSSR count). The number of hydrogen-bond donors (Lipinski definition) is 0. The molecule has 56 valence electrons. The fraction of sp³-hybridized carbons (Fsp3) is 0.750. The Morgan fingerprint density at radius 3 is 1.33 bits per heavy atom. The van der Waals surface area contributed by atoms with Gasteiger partial charge in [0.15, 0.2) is 0 Å². The average molecular weight is 146 g/mol. The molecule has 0 aliphatic rings. The maximum Gasteiger partial charge on any atom is -0.0299 e. The third-order valence-electron chi connectivity index (χ3n) is 0.612. The number of allylic oxidation sites excluding steroid dienone is 1. The van der Waals surface area contributed by atoms with E-state index in [1.165, 1.54) is 5.57 Å². The van der Waals surface area contributed by atoms with Crippen molar-refractivity contribution in [2.75, 3.05) is 25.0 Å². The average Bonchev–Trinajstić information content (AvgIpc) is 1.16. The second kappa shape index (κ2) is 2.00. The molecule has 0 nitrogen and oxygen atoms in total. The van der Waals surface area contributed by atoms with Crippen LogP contribution in [0.3, 0.4) is 0 Å². The molecule has 0 aliphatic carbocycles. The van der Waals surface area contributed by atoms with E-state index in [0.717, 1.165) is 0 Å². The highest BCUT2D eigenvalue weighted by Crippen LogP contribution is 2.40. The highest BCUT2D eigenvalue weighted by atomic mass is 32.3. The van der Waals surface area contributed by atoms with Crippen LogP contribution in [0, 0.1) is 0 Å². The summed E-state index contributed by atoms with van der Waals surface area (Å²) in [6, 6.07) is 0. The molecule has 0 heterocycles. The Kier molecular flexibility index (Phi) is 2.00. The standard InChI is InChI=1S/C8H18S/c1-8(2)7-9(3,4,5)6/h1-6H3. The Morgan fingerprint density at radius 1 is 1.00 bits per heavy atom. The van der Waals surface area contributed by atoms with Gasteiger partial charge in [-0.1, -0.05) is 0 Å². The van der Waals surface area contributed by atoms with Gasteiger partial charge in [0, 0.05) is 0 Å². The normalized spacial score (nSPS) is 15.6. The van der Waals surface area contributed by atoms with Crippen molar-refractivity contribution in [1.82, 2.24) is 0 Å². The van der Waals surface area contributed by atoms with E-state index in [2.05, 4.69) is 43.9 Å². The quantitative estimate of drug-likeness (QED) is 0.460. The predicted molar refractivity (Wildman–Crippen MR) is 51.2 cm³/mol. The Labute approximate surface area is 58.8 Å². The van der Waals surface area contributed by atoms with Gasteiger partial charge in [0.2, 0.25) is 0 Å². The smallest absolute Gasteiger partial charge is 0.0299 e. The van der Waals surface area contributed by atoms with Gasteiger partial charge in [-0.15, -0.1) is 5.02 Å². The van der Waals surface area contributed by atoms with Crippen LogP contribution in [0.2, 0.25) is 0 Å². The van der Waals surface area contributed by atoms with E-state index in [1.807, 2.05) is 0 Å². The summed E-state index contributed by atoms with van der Waals surface area (Å²) >= 11 is 0. The fourth-order valence-corrected chi connectivity index (χ4v) is 2.45. The van der Waals surface area contributed by atoms with Crippen molar-refractivity contribution >= 4 is 13.8 Å². The summed E-state index contributed by atoms with van der Waals surface area (Å²) < 4.78 is 0. The van der Waals surface area contributed by atoms with Crippen molar-refractivity contribution in [2.45, 2.75) is 13.8 Å². The van der Waals surface area contributed by atoms with Gasteiger partial charge >= 0.3 is 0 Å². The lowest BCUT2D eigenvalue weighted by molar-refractivity contribution is 1.46. The van der Waals surface area contributed by atoms with E-state index in [4.69, 9.17) is 0 Å². The van der Waals surface area contributed by atoms with Crippen molar-refractivity contribution < 1.29 is 0 Å². The third-order valence-corrected chi connectivity index (χ3v) is 1.84. The highest BCUT2D eigenvalue weighted by molar-refractivity contribution is 8.44. The maximum atomic E-state index is 3.48. The van der Waals surface area contributed by atoms with Crippen molar-refractivity contribution in [3.05, 3.63) is 5.57 Å². The molecule has 0 saturated carbocycles. The van der Waals surface area contributed by atoms with Gasteiger partial charge in [0.1, 0.15) is 0 Å². The molecule has 0 aliphatic heterocycles. The molecule has 0 unspecified atom stereocenters. The van der Waals surface area contributed by atoms with Crippen LogP contribution in [-0.2, 0) is 0 Å². The first-order valence-electron chi connectivity index (χ1n) is 3.09. The van der Waals surface area contributed by atoms with Gasteiger partial charge in [-0.25, -0.2) is 8.75 Å². The number of rotatable bonds is 0. The Bertz CT molecular complexity index is 181. The largest absolute Gasteiger partial charge is 0.223 e. The maximum absolute atomic E-state index is 3.48. The lowest BCUT2D eigenvalue weighted by Gasteiger charge is -2.28. The van der Waals surface area contributed by atoms with Gasteiger partial charge in [0.25, 0.3) is 0 Å². The second-order valence-corrected chi connectivity index (χ2v) is 11.1. The Balaban J connectivity index is 5.22. The van der Waals surface area contributed by atoms with Gasteiger partial charge in [-0.2, -0.15) is 0 Å². The minimum Gasteiger partial charge on any atom is -0.223 e. The molecular weight excluding hydrogens is 128 g/mol. The molecule has 0 bridgehead atoms. The van der Waals surface area contributed by atoms with Crippen molar-refractivity contribution in [1.29, 1.82) is 0 Å². The van der Waals surface area contributed by atoms with Crippen LogP contribution in [0.1, 0.15) is 13.8 Å². The molecule has 0 fully saturated rings. The first-order chi connectivity index (χ1) is 3.67. The molecule has 0 aromatic heterocycles. The monoisotopic (exact) mass is 146 g/mol. The predicted octanol–water partition coefficient (Wildman–Crippen LogP) is 2.21. The highest BCUT2D eigenvalue weighted by Gasteiger charge is 2.03. The zero-order valence-corrected chi connectivity index (χ0v) is 8.22. The van der Waals surface area contributed by atoms with Crippen molar-refractivity contribution in [3.63, 3.8) is 0 Å². The van der Waals surface area contributed by atoms with E-state index in [0.29, 0.717) is 0 Å². The molecule has 0 radical (unpaired) electrons. The fourth-order valence-electron chi connectivity index (χ4n) is 0.816. The van der Waals surface area contributed by atoms with Crippen LogP contribution in [0.15, 0.2) is 5.57 Å². The second-order valence-electron chi connectivity index (χ2n) is 4.37. The summed E-state index contributed by atoms with van der Waals surface area (Å²) in [6.45, 7) is 4.21. The van der Waals surface area contributed by atoms with Gasteiger partial charge in [0.05, 0.1) is 0 Å². The number of hydrogen-bond acceptors (Lipinski definition) is 0. The SMILES string of the molecule is CC(C)=C=S(C)(C)(C)C. The summed E-state index contributed by atoms with van der Waals surface area (Å²) in [5.74, 6) is 0. The lowest BCUT2D eigenvalue weighted by atomic mass is 10.4. The van der Waals surface area contributed by atoms with E-state index in [-0.39, 0.29) is 0 Å². The van der Waals surface area contributed by atoms with Gasteiger partial charge in [-0.3, -0.25) is 0 Å². The zero-order valence-electron chi connectivity index (χ0n) is 7.41. The molecule has 0 atom stereocenters. The minimum atomic E-state index is -1.24. The van der Waals surface area contributed by atoms with E-state index in [9.17, 15) is 0 Å². The zero-order chi connectivity index (χ0) is 7.73.